The standard InChI is InChI=1S/C18H17ClF3N5O3/c1-12-2-3-14(19)16(6-12)30-11-26-5-4-15(25-26)17(28)24-13-7-23-27(8-13)10-29-9-18(20,21)22/h2-8H,9-11H2,1H3,(H,24,28). The number of rotatable bonds is 8. The lowest BCUT2D eigenvalue weighted by molar-refractivity contribution is -0.182. The SMILES string of the molecule is Cc1ccc(Cl)c(OCn2ccc(C(=O)Nc3cnn(COCC(F)(F)F)c3)n2)c1. The fraction of sp³-hybridized carbons (Fsp3) is 0.278. The molecule has 3 aromatic rings. The first-order valence-electron chi connectivity index (χ1n) is 8.60. The van der Waals surface area contributed by atoms with Crippen LogP contribution in [0.2, 0.25) is 5.02 Å². The number of nitrogens with zero attached hydrogens (tertiary/aromatic N) is 4. The number of hydrogen-bond donors (Lipinski definition) is 1. The van der Waals surface area contributed by atoms with E-state index < -0.39 is 25.4 Å². The number of benzene rings is 1. The lowest BCUT2D eigenvalue weighted by atomic mass is 10.2. The number of alkyl halides is 3. The van der Waals surface area contributed by atoms with Crippen LogP contribution in [-0.4, -0.2) is 38.3 Å². The molecule has 30 heavy (non-hydrogen) atoms. The molecule has 2 aromatic heterocycles. The molecule has 0 radical (unpaired) electrons. The molecule has 0 saturated heterocycles. The zero-order chi connectivity index (χ0) is 21.7. The minimum atomic E-state index is -4.42. The van der Waals surface area contributed by atoms with Crippen molar-refractivity contribution in [3.63, 3.8) is 0 Å². The van der Waals surface area contributed by atoms with Crippen molar-refractivity contribution in [1.82, 2.24) is 19.6 Å². The van der Waals surface area contributed by atoms with Crippen molar-refractivity contribution in [2.24, 2.45) is 0 Å². The van der Waals surface area contributed by atoms with Crippen LogP contribution in [0.3, 0.4) is 0 Å². The van der Waals surface area contributed by atoms with E-state index in [2.05, 4.69) is 20.3 Å². The maximum Gasteiger partial charge on any atom is 0.411 e. The molecule has 12 heteroatoms. The summed E-state index contributed by atoms with van der Waals surface area (Å²) in [4.78, 5) is 12.3. The van der Waals surface area contributed by atoms with Gasteiger partial charge in [-0.1, -0.05) is 17.7 Å². The molecule has 0 aliphatic heterocycles. The van der Waals surface area contributed by atoms with Gasteiger partial charge in [0.1, 0.15) is 19.1 Å². The predicted octanol–water partition coefficient (Wildman–Crippen LogP) is 3.87. The van der Waals surface area contributed by atoms with Gasteiger partial charge in [0, 0.05) is 6.20 Å². The first kappa shape index (κ1) is 21.7. The Bertz CT molecular complexity index is 1020. The van der Waals surface area contributed by atoms with E-state index in [0.29, 0.717) is 10.8 Å². The van der Waals surface area contributed by atoms with Crippen molar-refractivity contribution in [2.45, 2.75) is 26.6 Å². The van der Waals surface area contributed by atoms with Crippen molar-refractivity contribution in [1.29, 1.82) is 0 Å². The number of hydrogen-bond acceptors (Lipinski definition) is 5. The Labute approximate surface area is 174 Å². The Morgan fingerprint density at radius 2 is 2.03 bits per heavy atom. The van der Waals surface area contributed by atoms with Crippen LogP contribution in [0.1, 0.15) is 16.1 Å². The zero-order valence-electron chi connectivity index (χ0n) is 15.7. The summed E-state index contributed by atoms with van der Waals surface area (Å²) in [6.45, 7) is 0.166. The van der Waals surface area contributed by atoms with Crippen molar-refractivity contribution in [3.8, 4) is 5.75 Å². The molecule has 0 bridgehead atoms. The summed E-state index contributed by atoms with van der Waals surface area (Å²) in [5.41, 5.74) is 1.39. The van der Waals surface area contributed by atoms with Gasteiger partial charge in [-0.2, -0.15) is 23.4 Å². The molecular formula is C18H17ClF3N5O3. The minimum absolute atomic E-state index is 0.0466. The highest BCUT2D eigenvalue weighted by Crippen LogP contribution is 2.25. The second-order valence-corrected chi connectivity index (χ2v) is 6.67. The molecule has 0 aliphatic carbocycles. The minimum Gasteiger partial charge on any atom is -0.470 e. The predicted molar refractivity (Wildman–Crippen MR) is 101 cm³/mol. The fourth-order valence-electron chi connectivity index (χ4n) is 2.36. The molecule has 1 aromatic carbocycles. The zero-order valence-corrected chi connectivity index (χ0v) is 16.4. The maximum absolute atomic E-state index is 12.3. The van der Waals surface area contributed by atoms with E-state index in [-0.39, 0.29) is 18.1 Å². The Kier molecular flexibility index (Phi) is 6.63. The lowest BCUT2D eigenvalue weighted by Crippen LogP contribution is -2.18. The van der Waals surface area contributed by atoms with E-state index in [1.807, 2.05) is 13.0 Å². The molecular weight excluding hydrogens is 427 g/mol. The Hall–Kier alpha value is -3.05. The summed E-state index contributed by atoms with van der Waals surface area (Å²) in [6, 6.07) is 6.86. The van der Waals surface area contributed by atoms with Gasteiger partial charge in [-0.15, -0.1) is 0 Å². The average Bonchev–Trinajstić information content (AvgIpc) is 3.31. The van der Waals surface area contributed by atoms with Crippen LogP contribution in [0.25, 0.3) is 0 Å². The number of aryl methyl sites for hydroxylation is 1. The van der Waals surface area contributed by atoms with E-state index in [1.165, 1.54) is 23.1 Å². The Morgan fingerprint density at radius 1 is 1.23 bits per heavy atom. The summed E-state index contributed by atoms with van der Waals surface area (Å²) in [5.74, 6) is -0.0172. The number of carbonyl (C=O) groups is 1. The van der Waals surface area contributed by atoms with Gasteiger partial charge >= 0.3 is 6.18 Å². The van der Waals surface area contributed by atoms with Crippen molar-refractivity contribution in [3.05, 3.63) is 59.1 Å². The van der Waals surface area contributed by atoms with E-state index in [1.54, 1.807) is 18.3 Å². The van der Waals surface area contributed by atoms with Crippen LogP contribution in [0.4, 0.5) is 18.9 Å². The molecule has 1 amide bonds. The summed E-state index contributed by atoms with van der Waals surface area (Å²) >= 11 is 6.07. The number of nitrogens with one attached hydrogen (secondary N) is 1. The lowest BCUT2D eigenvalue weighted by Gasteiger charge is -2.08. The third kappa shape index (κ3) is 6.22. The fourth-order valence-corrected chi connectivity index (χ4v) is 2.53. The smallest absolute Gasteiger partial charge is 0.411 e. The van der Waals surface area contributed by atoms with Crippen LogP contribution in [-0.2, 0) is 18.2 Å². The van der Waals surface area contributed by atoms with E-state index in [4.69, 9.17) is 16.3 Å². The summed E-state index contributed by atoms with van der Waals surface area (Å²) in [7, 11) is 0. The Balaban J connectivity index is 1.52. The van der Waals surface area contributed by atoms with Crippen LogP contribution in [0.15, 0.2) is 42.9 Å². The first-order chi connectivity index (χ1) is 14.2. The monoisotopic (exact) mass is 443 g/mol. The number of amides is 1. The summed E-state index contributed by atoms with van der Waals surface area (Å²) in [6.07, 6.45) is -0.229. The average molecular weight is 444 g/mol. The number of anilines is 1. The largest absolute Gasteiger partial charge is 0.470 e. The number of ether oxygens (including phenoxy) is 2. The highest BCUT2D eigenvalue weighted by atomic mass is 35.5. The van der Waals surface area contributed by atoms with Crippen LogP contribution in [0, 0.1) is 6.92 Å². The topological polar surface area (TPSA) is 83.2 Å². The van der Waals surface area contributed by atoms with Crippen molar-refractivity contribution < 1.29 is 27.4 Å². The normalized spacial score (nSPS) is 11.5. The highest BCUT2D eigenvalue weighted by Gasteiger charge is 2.27. The van der Waals surface area contributed by atoms with Crippen LogP contribution in [0.5, 0.6) is 5.75 Å². The molecule has 0 atom stereocenters. The van der Waals surface area contributed by atoms with Crippen molar-refractivity contribution >= 4 is 23.2 Å². The second-order valence-electron chi connectivity index (χ2n) is 6.26. The maximum atomic E-state index is 12.3. The number of carbonyl (C=O) groups excluding carboxylic acids is 1. The quantitative estimate of drug-likeness (QED) is 0.571. The van der Waals surface area contributed by atoms with Crippen molar-refractivity contribution in [2.75, 3.05) is 11.9 Å². The molecule has 0 aliphatic rings. The van der Waals surface area contributed by atoms with Gasteiger partial charge in [-0.25, -0.2) is 9.36 Å². The van der Waals surface area contributed by atoms with Gasteiger partial charge < -0.3 is 14.8 Å². The third-order valence-electron chi connectivity index (χ3n) is 3.69. The van der Waals surface area contributed by atoms with E-state index in [9.17, 15) is 18.0 Å². The molecule has 2 heterocycles. The van der Waals surface area contributed by atoms with Crippen LogP contribution < -0.4 is 10.1 Å². The van der Waals surface area contributed by atoms with Crippen LogP contribution >= 0.6 is 11.6 Å². The molecule has 160 valence electrons. The van der Waals surface area contributed by atoms with Gasteiger partial charge in [0.05, 0.1) is 23.1 Å². The Morgan fingerprint density at radius 3 is 2.80 bits per heavy atom. The third-order valence-corrected chi connectivity index (χ3v) is 4.00. The highest BCUT2D eigenvalue weighted by molar-refractivity contribution is 6.32. The first-order valence-corrected chi connectivity index (χ1v) is 8.98. The molecule has 0 unspecified atom stereocenters. The summed E-state index contributed by atoms with van der Waals surface area (Å²) < 4.78 is 48.9. The molecule has 3 rings (SSSR count). The van der Waals surface area contributed by atoms with Gasteiger partial charge in [0.2, 0.25) is 0 Å². The van der Waals surface area contributed by atoms with E-state index in [0.717, 1.165) is 10.2 Å². The molecule has 0 spiro atoms. The van der Waals surface area contributed by atoms with Gasteiger partial charge in [-0.3, -0.25) is 4.79 Å². The van der Waals surface area contributed by atoms with E-state index >= 15 is 0 Å². The molecule has 1 N–H and O–H groups in total. The molecule has 0 fully saturated rings. The second kappa shape index (κ2) is 9.18. The van der Waals surface area contributed by atoms with Gasteiger partial charge in [0.15, 0.2) is 12.4 Å². The summed E-state index contributed by atoms with van der Waals surface area (Å²) in [5, 5.41) is 10.9. The molecule has 0 saturated carbocycles. The van der Waals surface area contributed by atoms with Gasteiger partial charge in [0.25, 0.3) is 5.91 Å². The number of aromatic nitrogens is 4. The number of halogens is 4. The van der Waals surface area contributed by atoms with Gasteiger partial charge in [-0.05, 0) is 30.7 Å². The molecule has 8 nitrogen and oxygen atoms in total.